The minimum atomic E-state index is -0.289. The number of carbonyl (C=O) groups is 1. The third-order valence-electron chi connectivity index (χ3n) is 5.03. The van der Waals surface area contributed by atoms with Gasteiger partial charge in [-0.25, -0.2) is 0 Å². The van der Waals surface area contributed by atoms with Crippen LogP contribution >= 0.6 is 11.6 Å². The molecule has 1 N–H and O–H groups in total. The zero-order valence-corrected chi connectivity index (χ0v) is 17.2. The van der Waals surface area contributed by atoms with Gasteiger partial charge in [-0.2, -0.15) is 9.90 Å². The Hall–Kier alpha value is -2.90. The van der Waals surface area contributed by atoms with Crippen molar-refractivity contribution in [2.75, 3.05) is 43.4 Å². The molecule has 0 bridgehead atoms. The van der Waals surface area contributed by atoms with Gasteiger partial charge < -0.3 is 15.1 Å². The third-order valence-corrected chi connectivity index (χ3v) is 5.27. The van der Waals surface area contributed by atoms with E-state index in [1.54, 1.807) is 19.1 Å². The van der Waals surface area contributed by atoms with E-state index in [0.29, 0.717) is 16.4 Å². The Morgan fingerprint density at radius 2 is 1.72 bits per heavy atom. The van der Waals surface area contributed by atoms with E-state index in [-0.39, 0.29) is 11.6 Å². The molecule has 0 radical (unpaired) electrons. The fourth-order valence-electron chi connectivity index (χ4n) is 3.32. The van der Waals surface area contributed by atoms with E-state index >= 15 is 0 Å². The molecule has 0 spiro atoms. The quantitative estimate of drug-likeness (QED) is 0.715. The predicted octanol–water partition coefficient (Wildman–Crippen LogP) is 3.23. The molecule has 0 aliphatic carbocycles. The molecule has 1 fully saturated rings. The SMILES string of the molecule is Cc1nn(-c2cccc(Cl)c2)nc1C(=O)Nc1ccc(N2CCN(C)CC2)cc1. The van der Waals surface area contributed by atoms with Crippen LogP contribution in [0.4, 0.5) is 11.4 Å². The van der Waals surface area contributed by atoms with Crippen LogP contribution in [-0.2, 0) is 0 Å². The zero-order valence-electron chi connectivity index (χ0n) is 16.5. The number of carbonyl (C=O) groups excluding carboxylic acids is 1. The number of nitrogens with one attached hydrogen (secondary N) is 1. The summed E-state index contributed by atoms with van der Waals surface area (Å²) in [6.45, 7) is 5.89. The highest BCUT2D eigenvalue weighted by Gasteiger charge is 2.18. The van der Waals surface area contributed by atoms with Gasteiger partial charge in [0.25, 0.3) is 5.91 Å². The van der Waals surface area contributed by atoms with Gasteiger partial charge in [0, 0.05) is 42.6 Å². The van der Waals surface area contributed by atoms with Crippen molar-refractivity contribution in [3.05, 3.63) is 64.9 Å². The van der Waals surface area contributed by atoms with Gasteiger partial charge >= 0.3 is 0 Å². The predicted molar refractivity (Wildman–Crippen MR) is 115 cm³/mol. The summed E-state index contributed by atoms with van der Waals surface area (Å²) in [5, 5.41) is 12.2. The fourth-order valence-corrected chi connectivity index (χ4v) is 3.50. The normalized spacial score (nSPS) is 14.8. The zero-order chi connectivity index (χ0) is 20.4. The highest BCUT2D eigenvalue weighted by atomic mass is 35.5. The molecule has 4 rings (SSSR count). The Balaban J connectivity index is 1.45. The van der Waals surface area contributed by atoms with Crippen LogP contribution < -0.4 is 10.2 Å². The number of rotatable bonds is 4. The topological polar surface area (TPSA) is 66.3 Å². The standard InChI is InChI=1S/C21H23ClN6O/c1-15-20(25-28(24-15)19-5-3-4-16(22)14-19)21(29)23-17-6-8-18(9-7-17)27-12-10-26(2)11-13-27/h3-9,14H,10-13H2,1-2H3,(H,23,29). The number of likely N-dealkylation sites (N-methyl/N-ethyl adjacent to an activating group) is 1. The Morgan fingerprint density at radius 3 is 2.41 bits per heavy atom. The number of aromatic nitrogens is 3. The number of piperazine rings is 1. The van der Waals surface area contributed by atoms with Gasteiger partial charge in [-0.1, -0.05) is 17.7 Å². The van der Waals surface area contributed by atoms with E-state index in [2.05, 4.69) is 32.4 Å². The summed E-state index contributed by atoms with van der Waals surface area (Å²) in [7, 11) is 2.14. The van der Waals surface area contributed by atoms with Crippen molar-refractivity contribution in [1.29, 1.82) is 0 Å². The van der Waals surface area contributed by atoms with Crippen molar-refractivity contribution in [2.45, 2.75) is 6.92 Å². The molecule has 150 valence electrons. The fraction of sp³-hybridized carbons (Fsp3) is 0.286. The number of hydrogen-bond acceptors (Lipinski definition) is 5. The molecule has 1 saturated heterocycles. The Kier molecular flexibility index (Phi) is 5.51. The summed E-state index contributed by atoms with van der Waals surface area (Å²) >= 11 is 6.03. The van der Waals surface area contributed by atoms with Crippen LogP contribution in [0.3, 0.4) is 0 Å². The maximum absolute atomic E-state index is 12.7. The van der Waals surface area contributed by atoms with Gasteiger partial charge in [-0.3, -0.25) is 4.79 Å². The average Bonchev–Trinajstić information content (AvgIpc) is 3.11. The van der Waals surface area contributed by atoms with Gasteiger partial charge in [-0.15, -0.1) is 5.10 Å². The highest BCUT2D eigenvalue weighted by molar-refractivity contribution is 6.30. The Bertz CT molecular complexity index is 1010. The van der Waals surface area contributed by atoms with Gasteiger partial charge in [0.2, 0.25) is 0 Å². The molecule has 2 heterocycles. The molecule has 8 heteroatoms. The lowest BCUT2D eigenvalue weighted by molar-refractivity contribution is 0.102. The van der Waals surface area contributed by atoms with Gasteiger partial charge in [0.15, 0.2) is 5.69 Å². The molecule has 7 nitrogen and oxygen atoms in total. The average molecular weight is 411 g/mol. The molecule has 0 saturated carbocycles. The first-order valence-corrected chi connectivity index (χ1v) is 9.92. The van der Waals surface area contributed by atoms with Crippen molar-refractivity contribution in [1.82, 2.24) is 19.9 Å². The molecule has 1 aliphatic rings. The molecule has 0 atom stereocenters. The van der Waals surface area contributed by atoms with Crippen LogP contribution in [0.2, 0.25) is 5.02 Å². The minimum absolute atomic E-state index is 0.285. The lowest BCUT2D eigenvalue weighted by atomic mass is 10.2. The van der Waals surface area contributed by atoms with E-state index in [9.17, 15) is 4.79 Å². The number of nitrogens with zero attached hydrogens (tertiary/aromatic N) is 5. The van der Waals surface area contributed by atoms with Crippen molar-refractivity contribution < 1.29 is 4.79 Å². The third kappa shape index (κ3) is 4.41. The van der Waals surface area contributed by atoms with Crippen molar-refractivity contribution >= 4 is 28.9 Å². The van der Waals surface area contributed by atoms with Gasteiger partial charge in [0.1, 0.15) is 0 Å². The Morgan fingerprint density at radius 1 is 1.00 bits per heavy atom. The summed E-state index contributed by atoms with van der Waals surface area (Å²) < 4.78 is 0. The lowest BCUT2D eigenvalue weighted by Gasteiger charge is -2.34. The molecule has 3 aromatic rings. The highest BCUT2D eigenvalue weighted by Crippen LogP contribution is 2.20. The van der Waals surface area contributed by atoms with Gasteiger partial charge in [0.05, 0.1) is 11.4 Å². The number of aryl methyl sites for hydroxylation is 1. The summed E-state index contributed by atoms with van der Waals surface area (Å²) in [4.78, 5) is 18.8. The van der Waals surface area contributed by atoms with E-state index in [4.69, 9.17) is 11.6 Å². The van der Waals surface area contributed by atoms with Gasteiger partial charge in [-0.05, 0) is 56.4 Å². The number of halogens is 1. The van der Waals surface area contributed by atoms with E-state index < -0.39 is 0 Å². The van der Waals surface area contributed by atoms with Crippen molar-refractivity contribution in [3.63, 3.8) is 0 Å². The first-order valence-electron chi connectivity index (χ1n) is 9.54. The summed E-state index contributed by atoms with van der Waals surface area (Å²) in [5.41, 5.74) is 3.43. The molecule has 1 aromatic heterocycles. The maximum atomic E-state index is 12.7. The van der Waals surface area contributed by atoms with Crippen molar-refractivity contribution in [3.8, 4) is 5.69 Å². The van der Waals surface area contributed by atoms with Crippen LogP contribution in [0.1, 0.15) is 16.2 Å². The number of benzene rings is 2. The summed E-state index contributed by atoms with van der Waals surface area (Å²) in [6, 6.07) is 15.1. The van der Waals surface area contributed by atoms with E-state index in [0.717, 1.165) is 31.9 Å². The Labute approximate surface area is 174 Å². The van der Waals surface area contributed by atoms with Crippen LogP contribution in [0.15, 0.2) is 48.5 Å². The number of hydrogen-bond donors (Lipinski definition) is 1. The van der Waals surface area contributed by atoms with Crippen LogP contribution in [0, 0.1) is 6.92 Å². The number of anilines is 2. The van der Waals surface area contributed by atoms with E-state index in [1.165, 1.54) is 10.5 Å². The smallest absolute Gasteiger partial charge is 0.278 e. The molecule has 2 aromatic carbocycles. The second-order valence-electron chi connectivity index (χ2n) is 7.19. The molecule has 29 heavy (non-hydrogen) atoms. The molecule has 1 aliphatic heterocycles. The minimum Gasteiger partial charge on any atom is -0.369 e. The number of amides is 1. The van der Waals surface area contributed by atoms with Crippen LogP contribution in [-0.4, -0.2) is 59.0 Å². The lowest BCUT2D eigenvalue weighted by Crippen LogP contribution is -2.44. The van der Waals surface area contributed by atoms with E-state index in [1.807, 2.05) is 36.4 Å². The largest absolute Gasteiger partial charge is 0.369 e. The molecular formula is C21H23ClN6O. The van der Waals surface area contributed by atoms with Crippen molar-refractivity contribution in [2.24, 2.45) is 0 Å². The molecule has 0 unspecified atom stereocenters. The maximum Gasteiger partial charge on any atom is 0.278 e. The first-order chi connectivity index (χ1) is 14.0. The molecule has 1 amide bonds. The first kappa shape index (κ1) is 19.4. The van der Waals surface area contributed by atoms with Crippen LogP contribution in [0.5, 0.6) is 0 Å². The van der Waals surface area contributed by atoms with Crippen LogP contribution in [0.25, 0.3) is 5.69 Å². The monoisotopic (exact) mass is 410 g/mol. The summed E-state index contributed by atoms with van der Waals surface area (Å²) in [6.07, 6.45) is 0. The second-order valence-corrected chi connectivity index (χ2v) is 7.63. The molecular weight excluding hydrogens is 388 g/mol. The summed E-state index contributed by atoms with van der Waals surface area (Å²) in [5.74, 6) is -0.289. The second kappa shape index (κ2) is 8.23.